The van der Waals surface area contributed by atoms with Gasteiger partial charge in [-0.2, -0.15) is 0 Å². The van der Waals surface area contributed by atoms with Crippen molar-refractivity contribution in [3.8, 4) is 0 Å². The largest absolute Gasteiger partial charge is 0.393 e. The van der Waals surface area contributed by atoms with Crippen molar-refractivity contribution in [1.29, 1.82) is 0 Å². The van der Waals surface area contributed by atoms with Crippen molar-refractivity contribution in [3.05, 3.63) is 30.3 Å². The van der Waals surface area contributed by atoms with Crippen LogP contribution in [0.5, 0.6) is 0 Å². The van der Waals surface area contributed by atoms with Gasteiger partial charge in [0, 0.05) is 29.9 Å². The second kappa shape index (κ2) is 5.64. The number of amides is 1. The summed E-state index contributed by atoms with van der Waals surface area (Å²) in [6.07, 6.45) is -0.390. The molecule has 1 N–H and O–H groups in total. The number of hydrogen-bond acceptors (Lipinski definition) is 4. The summed E-state index contributed by atoms with van der Waals surface area (Å²) in [7, 11) is 0. The minimum absolute atomic E-state index is 0.0319. The van der Waals surface area contributed by atoms with E-state index in [9.17, 15) is 14.7 Å². The van der Waals surface area contributed by atoms with E-state index < -0.39 is 17.7 Å². The van der Waals surface area contributed by atoms with Gasteiger partial charge >= 0.3 is 0 Å². The number of anilines is 1. The zero-order valence-corrected chi connectivity index (χ0v) is 14.9. The first kappa shape index (κ1) is 16.7. The highest BCUT2D eigenvalue weighted by atomic mass is 16.5. The summed E-state index contributed by atoms with van der Waals surface area (Å²) in [5.74, 6) is -0.716. The normalized spacial score (nSPS) is 40.0. The maximum atomic E-state index is 13.5. The Hall–Kier alpha value is -1.72. The molecule has 0 aromatic heterocycles. The van der Waals surface area contributed by atoms with Gasteiger partial charge in [0.1, 0.15) is 12.0 Å². The number of carbonyl (C=O) groups is 2. The number of aliphatic hydroxyl groups excluding tert-OH is 1. The first-order valence-corrected chi connectivity index (χ1v) is 9.10. The molecule has 0 radical (unpaired) electrons. The molecule has 1 saturated heterocycles. The van der Waals surface area contributed by atoms with Gasteiger partial charge in [0.15, 0.2) is 0 Å². The highest BCUT2D eigenvalue weighted by Crippen LogP contribution is 2.61. The van der Waals surface area contributed by atoms with Crippen molar-refractivity contribution in [1.82, 2.24) is 0 Å². The summed E-state index contributed by atoms with van der Waals surface area (Å²) >= 11 is 0. The first-order valence-electron chi connectivity index (χ1n) is 9.10. The van der Waals surface area contributed by atoms with Crippen LogP contribution in [0.25, 0.3) is 0 Å². The van der Waals surface area contributed by atoms with Crippen molar-refractivity contribution in [2.75, 3.05) is 4.90 Å². The quantitative estimate of drug-likeness (QED) is 0.915. The lowest BCUT2D eigenvalue weighted by atomic mass is 9.50. The molecular formula is C20H25NO4. The molecule has 5 rings (SSSR count). The van der Waals surface area contributed by atoms with Crippen LogP contribution in [-0.4, -0.2) is 35.2 Å². The van der Waals surface area contributed by atoms with Crippen LogP contribution in [0.2, 0.25) is 0 Å². The second-order valence-electron chi connectivity index (χ2n) is 8.08. The smallest absolute Gasteiger partial charge is 0.235 e. The van der Waals surface area contributed by atoms with Gasteiger partial charge in [-0.15, -0.1) is 0 Å². The van der Waals surface area contributed by atoms with Gasteiger partial charge in [-0.3, -0.25) is 14.5 Å². The lowest BCUT2D eigenvalue weighted by Gasteiger charge is -2.52. The molecule has 1 aromatic rings. The van der Waals surface area contributed by atoms with Crippen LogP contribution in [0.4, 0.5) is 5.69 Å². The molecule has 6 atom stereocenters. The van der Waals surface area contributed by atoms with Crippen LogP contribution in [0, 0.1) is 23.2 Å². The maximum Gasteiger partial charge on any atom is 0.235 e. The zero-order chi connectivity index (χ0) is 17.9. The number of aliphatic hydroxyl groups is 1. The topological polar surface area (TPSA) is 66.8 Å². The highest BCUT2D eigenvalue weighted by molar-refractivity contribution is 6.03. The summed E-state index contributed by atoms with van der Waals surface area (Å²) in [4.78, 5) is 27.8. The minimum atomic E-state index is -0.758. The van der Waals surface area contributed by atoms with E-state index in [2.05, 4.69) is 0 Å². The fourth-order valence-corrected chi connectivity index (χ4v) is 5.29. The van der Waals surface area contributed by atoms with Crippen molar-refractivity contribution < 1.29 is 19.4 Å². The second-order valence-corrected chi connectivity index (χ2v) is 8.08. The summed E-state index contributed by atoms with van der Waals surface area (Å²) in [6.45, 7) is 5.81. The maximum absolute atomic E-state index is 13.5. The van der Waals surface area contributed by atoms with E-state index in [1.807, 2.05) is 51.1 Å². The molecule has 134 valence electrons. The van der Waals surface area contributed by atoms with Gasteiger partial charge in [0.2, 0.25) is 5.91 Å². The van der Waals surface area contributed by atoms with Crippen LogP contribution in [0.3, 0.4) is 0 Å². The molecule has 0 spiro atoms. The monoisotopic (exact) mass is 343 g/mol. The Balaban J connectivity index is 1.85. The fraction of sp³-hybridized carbons (Fsp3) is 0.600. The van der Waals surface area contributed by atoms with E-state index in [0.29, 0.717) is 12.8 Å². The van der Waals surface area contributed by atoms with Crippen molar-refractivity contribution in [3.63, 3.8) is 0 Å². The molecule has 0 unspecified atom stereocenters. The van der Waals surface area contributed by atoms with Crippen LogP contribution in [0.15, 0.2) is 30.3 Å². The average Bonchev–Trinajstić information content (AvgIpc) is 2.79. The van der Waals surface area contributed by atoms with E-state index in [4.69, 9.17) is 4.74 Å². The third kappa shape index (κ3) is 2.22. The standard InChI is InChI=1S/C20H25NO4/c1-11(2)25-18-17-13-9-16(23)14(10-15(13)22)20(17,3)19(24)21(18)12-7-5-4-6-8-12/h4-8,11,13-14,16-18,23H,9-10H2,1-3H3/t13-,14-,16-,17-,18-,20-/m1/s1. The zero-order valence-electron chi connectivity index (χ0n) is 14.9. The van der Waals surface area contributed by atoms with Crippen LogP contribution in [0.1, 0.15) is 33.6 Å². The predicted molar refractivity (Wildman–Crippen MR) is 92.8 cm³/mol. The summed E-state index contributed by atoms with van der Waals surface area (Å²) < 4.78 is 6.19. The van der Waals surface area contributed by atoms with E-state index in [-0.39, 0.29) is 35.5 Å². The molecule has 1 amide bonds. The Bertz CT molecular complexity index is 703. The third-order valence-corrected chi connectivity index (χ3v) is 6.38. The van der Waals surface area contributed by atoms with Crippen LogP contribution < -0.4 is 4.90 Å². The number of ketones is 1. The molecule has 4 fully saturated rings. The number of nitrogens with zero attached hydrogens (tertiary/aromatic N) is 1. The molecule has 5 nitrogen and oxygen atoms in total. The minimum Gasteiger partial charge on any atom is -0.393 e. The lowest BCUT2D eigenvalue weighted by molar-refractivity contribution is -0.173. The highest BCUT2D eigenvalue weighted by Gasteiger charge is 2.70. The Morgan fingerprint density at radius 3 is 2.56 bits per heavy atom. The number of hydrogen-bond donors (Lipinski definition) is 1. The number of Topliss-reactive ketones (excluding diaryl/α,β-unsaturated/α-hetero) is 1. The van der Waals surface area contributed by atoms with Gasteiger partial charge in [-0.25, -0.2) is 0 Å². The lowest BCUT2D eigenvalue weighted by Crippen LogP contribution is -2.59. The van der Waals surface area contributed by atoms with Crippen LogP contribution in [-0.2, 0) is 14.3 Å². The molecule has 3 saturated carbocycles. The predicted octanol–water partition coefficient (Wildman–Crippen LogP) is 2.38. The van der Waals surface area contributed by atoms with Gasteiger partial charge in [0.25, 0.3) is 0 Å². The molecule has 1 aromatic carbocycles. The fourth-order valence-electron chi connectivity index (χ4n) is 5.29. The van der Waals surface area contributed by atoms with Gasteiger partial charge < -0.3 is 9.84 Å². The van der Waals surface area contributed by atoms with Crippen molar-refractivity contribution in [2.45, 2.75) is 52.0 Å². The van der Waals surface area contributed by atoms with Gasteiger partial charge in [-0.05, 0) is 39.3 Å². The van der Waals surface area contributed by atoms with Crippen molar-refractivity contribution >= 4 is 17.4 Å². The molecular weight excluding hydrogens is 318 g/mol. The Kier molecular flexibility index (Phi) is 3.78. The molecule has 4 aliphatic rings. The molecule has 1 heterocycles. The number of carbonyl (C=O) groups excluding carboxylic acids is 2. The Morgan fingerprint density at radius 1 is 1.24 bits per heavy atom. The molecule has 5 heteroatoms. The summed E-state index contributed by atoms with van der Waals surface area (Å²) in [6, 6.07) is 9.50. The average molecular weight is 343 g/mol. The number of rotatable bonds is 3. The number of ether oxygens (including phenoxy) is 1. The molecule has 25 heavy (non-hydrogen) atoms. The number of fused-ring (bicyclic) bond motifs is 2. The van der Waals surface area contributed by atoms with E-state index >= 15 is 0 Å². The summed E-state index contributed by atoms with van der Waals surface area (Å²) in [5, 5.41) is 10.5. The summed E-state index contributed by atoms with van der Waals surface area (Å²) in [5.41, 5.74) is 0.0289. The molecule has 2 bridgehead atoms. The number of para-hydroxylation sites is 1. The van der Waals surface area contributed by atoms with Gasteiger partial charge in [-0.1, -0.05) is 18.2 Å². The van der Waals surface area contributed by atoms with Crippen molar-refractivity contribution in [2.24, 2.45) is 23.2 Å². The number of benzene rings is 1. The Morgan fingerprint density at radius 2 is 1.92 bits per heavy atom. The molecule has 1 aliphatic heterocycles. The van der Waals surface area contributed by atoms with E-state index in [0.717, 1.165) is 5.69 Å². The van der Waals surface area contributed by atoms with Crippen LogP contribution >= 0.6 is 0 Å². The first-order chi connectivity index (χ1) is 11.9. The van der Waals surface area contributed by atoms with Gasteiger partial charge in [0.05, 0.1) is 17.6 Å². The Labute approximate surface area is 148 Å². The third-order valence-electron chi connectivity index (χ3n) is 6.38. The SMILES string of the molecule is CC(C)O[C@@H]1[C@H]2[C@@H]3C[C@@H](O)[C@@H](CC3=O)[C@@]2(C)C(=O)N1c1ccccc1. The van der Waals surface area contributed by atoms with E-state index in [1.165, 1.54) is 0 Å². The molecule has 3 aliphatic carbocycles. The van der Waals surface area contributed by atoms with E-state index in [1.54, 1.807) is 4.90 Å².